The number of hydrogen-bond donors (Lipinski definition) is 1. The number of nitrogens with one attached hydrogen (secondary N) is 1. The van der Waals surface area contributed by atoms with Gasteiger partial charge in [0.2, 0.25) is 0 Å². The molecule has 0 aliphatic rings. The van der Waals surface area contributed by atoms with Crippen molar-refractivity contribution in [2.75, 3.05) is 13.1 Å². The van der Waals surface area contributed by atoms with Crippen molar-refractivity contribution in [2.45, 2.75) is 33.6 Å². The maximum absolute atomic E-state index is 6.06. The van der Waals surface area contributed by atoms with Gasteiger partial charge in [-0.1, -0.05) is 50.0 Å². The summed E-state index contributed by atoms with van der Waals surface area (Å²) in [4.78, 5) is 0. The van der Waals surface area contributed by atoms with E-state index < -0.39 is 0 Å². The van der Waals surface area contributed by atoms with Gasteiger partial charge in [-0.15, -0.1) is 0 Å². The van der Waals surface area contributed by atoms with E-state index in [9.17, 15) is 0 Å². The van der Waals surface area contributed by atoms with Crippen molar-refractivity contribution in [3.05, 3.63) is 33.8 Å². The molecule has 3 heteroatoms. The topological polar surface area (TPSA) is 12.0 Å². The van der Waals surface area contributed by atoms with Crippen molar-refractivity contribution >= 4 is 23.2 Å². The Balaban J connectivity index is 2.61. The van der Waals surface area contributed by atoms with Crippen LogP contribution in [0.4, 0.5) is 0 Å². The molecule has 102 valence electrons. The van der Waals surface area contributed by atoms with Crippen LogP contribution in [-0.4, -0.2) is 13.1 Å². The Hall–Kier alpha value is -0.240. The van der Waals surface area contributed by atoms with Crippen LogP contribution in [0.1, 0.15) is 32.8 Å². The average Bonchev–Trinajstić information content (AvgIpc) is 2.32. The Bertz CT molecular complexity index is 364. The number of hydrogen-bond acceptors (Lipinski definition) is 1. The first-order valence-electron chi connectivity index (χ1n) is 6.69. The van der Waals surface area contributed by atoms with Gasteiger partial charge < -0.3 is 5.32 Å². The Labute approximate surface area is 121 Å². The minimum atomic E-state index is 0.630. The zero-order valence-electron chi connectivity index (χ0n) is 11.5. The first kappa shape index (κ1) is 15.8. The first-order chi connectivity index (χ1) is 8.54. The lowest BCUT2D eigenvalue weighted by Crippen LogP contribution is -2.28. The molecule has 1 unspecified atom stereocenters. The third-order valence-electron chi connectivity index (χ3n) is 3.26. The number of rotatable bonds is 7. The summed E-state index contributed by atoms with van der Waals surface area (Å²) in [6.07, 6.45) is 2.23. The minimum Gasteiger partial charge on any atom is -0.316 e. The molecule has 1 aromatic rings. The van der Waals surface area contributed by atoms with Crippen LogP contribution in [0.2, 0.25) is 10.0 Å². The Kier molecular flexibility index (Phi) is 7.06. The zero-order valence-corrected chi connectivity index (χ0v) is 13.0. The van der Waals surface area contributed by atoms with Gasteiger partial charge in [-0.05, 0) is 55.5 Å². The molecule has 0 amide bonds. The van der Waals surface area contributed by atoms with E-state index in [4.69, 9.17) is 23.2 Å². The second-order valence-corrected chi connectivity index (χ2v) is 5.98. The fourth-order valence-corrected chi connectivity index (χ4v) is 2.30. The molecule has 0 radical (unpaired) electrons. The smallest absolute Gasteiger partial charge is 0.0595 e. The molecule has 0 aliphatic heterocycles. The molecule has 0 saturated heterocycles. The van der Waals surface area contributed by atoms with Gasteiger partial charge in [0.25, 0.3) is 0 Å². The van der Waals surface area contributed by atoms with Crippen molar-refractivity contribution < 1.29 is 0 Å². The van der Waals surface area contributed by atoms with Crippen LogP contribution in [0.5, 0.6) is 0 Å². The van der Waals surface area contributed by atoms with Crippen LogP contribution in [0.25, 0.3) is 0 Å². The summed E-state index contributed by atoms with van der Waals surface area (Å²) in [7, 11) is 0. The van der Waals surface area contributed by atoms with Crippen LogP contribution in [-0.2, 0) is 6.42 Å². The normalized spacial score (nSPS) is 13.0. The fraction of sp³-hybridized carbons (Fsp3) is 0.600. The second kappa shape index (κ2) is 8.04. The largest absolute Gasteiger partial charge is 0.316 e. The lowest BCUT2D eigenvalue weighted by molar-refractivity contribution is 0.361. The van der Waals surface area contributed by atoms with Crippen LogP contribution < -0.4 is 5.32 Å². The molecular formula is C15H23Cl2N. The fourth-order valence-electron chi connectivity index (χ4n) is 1.98. The highest BCUT2D eigenvalue weighted by Gasteiger charge is 2.14. The third kappa shape index (κ3) is 5.17. The highest BCUT2D eigenvalue weighted by atomic mass is 35.5. The summed E-state index contributed by atoms with van der Waals surface area (Å²) in [6, 6.07) is 5.94. The van der Waals surface area contributed by atoms with Gasteiger partial charge in [0.15, 0.2) is 0 Å². The van der Waals surface area contributed by atoms with Gasteiger partial charge in [0, 0.05) is 0 Å². The van der Waals surface area contributed by atoms with Crippen molar-refractivity contribution in [1.82, 2.24) is 5.32 Å². The van der Waals surface area contributed by atoms with Gasteiger partial charge in [-0.2, -0.15) is 0 Å². The van der Waals surface area contributed by atoms with Crippen molar-refractivity contribution in [3.63, 3.8) is 0 Å². The molecule has 1 aromatic carbocycles. The molecule has 18 heavy (non-hydrogen) atoms. The van der Waals surface area contributed by atoms with E-state index in [0.29, 0.717) is 21.9 Å². The summed E-state index contributed by atoms with van der Waals surface area (Å²) in [5, 5.41) is 4.78. The molecule has 1 nitrogen and oxygen atoms in total. The van der Waals surface area contributed by atoms with E-state index in [1.807, 2.05) is 12.1 Å². The molecular weight excluding hydrogens is 265 g/mol. The van der Waals surface area contributed by atoms with Gasteiger partial charge in [-0.3, -0.25) is 0 Å². The summed E-state index contributed by atoms with van der Waals surface area (Å²) >= 11 is 12.0. The Morgan fingerprint density at radius 2 is 1.89 bits per heavy atom. The molecule has 0 spiro atoms. The van der Waals surface area contributed by atoms with Crippen molar-refractivity contribution in [2.24, 2.45) is 11.8 Å². The van der Waals surface area contributed by atoms with E-state index in [2.05, 4.69) is 32.2 Å². The monoisotopic (exact) mass is 287 g/mol. The maximum Gasteiger partial charge on any atom is 0.0595 e. The Morgan fingerprint density at radius 1 is 1.17 bits per heavy atom. The van der Waals surface area contributed by atoms with Crippen molar-refractivity contribution in [3.8, 4) is 0 Å². The molecule has 1 atom stereocenters. The lowest BCUT2D eigenvalue weighted by Gasteiger charge is -2.21. The molecule has 1 N–H and O–H groups in total. The van der Waals surface area contributed by atoms with Gasteiger partial charge in [0.1, 0.15) is 0 Å². The molecule has 1 rings (SSSR count). The molecule has 0 bridgehead atoms. The zero-order chi connectivity index (χ0) is 13.5. The average molecular weight is 288 g/mol. The summed E-state index contributed by atoms with van der Waals surface area (Å²) in [5.41, 5.74) is 1.27. The molecule has 0 fully saturated rings. The predicted molar refractivity (Wildman–Crippen MR) is 81.7 cm³/mol. The summed E-state index contributed by atoms with van der Waals surface area (Å²) in [6.45, 7) is 8.89. The van der Waals surface area contributed by atoms with Crippen LogP contribution in [0, 0.1) is 11.8 Å². The van der Waals surface area contributed by atoms with E-state index in [0.717, 1.165) is 19.5 Å². The van der Waals surface area contributed by atoms with E-state index >= 15 is 0 Å². The van der Waals surface area contributed by atoms with E-state index in [1.165, 1.54) is 12.0 Å². The molecule has 0 aromatic heterocycles. The van der Waals surface area contributed by atoms with E-state index in [1.54, 1.807) is 0 Å². The van der Waals surface area contributed by atoms with Crippen LogP contribution >= 0.6 is 23.2 Å². The third-order valence-corrected chi connectivity index (χ3v) is 4.00. The number of halogens is 2. The van der Waals surface area contributed by atoms with Gasteiger partial charge >= 0.3 is 0 Å². The van der Waals surface area contributed by atoms with Gasteiger partial charge in [-0.25, -0.2) is 0 Å². The molecule has 0 heterocycles. The van der Waals surface area contributed by atoms with E-state index in [-0.39, 0.29) is 0 Å². The van der Waals surface area contributed by atoms with Gasteiger partial charge in [0.05, 0.1) is 10.0 Å². The quantitative estimate of drug-likeness (QED) is 0.710. The lowest BCUT2D eigenvalue weighted by atomic mass is 9.89. The maximum atomic E-state index is 6.06. The predicted octanol–water partition coefficient (Wildman–Crippen LogP) is 4.81. The Morgan fingerprint density at radius 3 is 2.44 bits per heavy atom. The molecule has 0 aliphatic carbocycles. The first-order valence-corrected chi connectivity index (χ1v) is 7.44. The van der Waals surface area contributed by atoms with Crippen molar-refractivity contribution in [1.29, 1.82) is 0 Å². The number of benzene rings is 1. The van der Waals surface area contributed by atoms with Crippen LogP contribution in [0.15, 0.2) is 18.2 Å². The molecule has 0 saturated carbocycles. The second-order valence-electron chi connectivity index (χ2n) is 5.16. The SMILES string of the molecule is CCCNCC(Cc1ccc(Cl)c(Cl)c1)C(C)C. The highest BCUT2D eigenvalue weighted by Crippen LogP contribution is 2.25. The van der Waals surface area contributed by atoms with Crippen LogP contribution in [0.3, 0.4) is 0 Å². The minimum absolute atomic E-state index is 0.630. The highest BCUT2D eigenvalue weighted by molar-refractivity contribution is 6.42. The summed E-state index contributed by atoms with van der Waals surface area (Å²) in [5.74, 6) is 1.29. The summed E-state index contributed by atoms with van der Waals surface area (Å²) < 4.78 is 0. The standard InChI is InChI=1S/C15H23Cl2N/c1-4-7-18-10-13(11(2)3)8-12-5-6-14(16)15(17)9-12/h5-6,9,11,13,18H,4,7-8,10H2,1-3H3.